The molecule has 0 aliphatic carbocycles. The number of nitrogens with one attached hydrogen (secondary N) is 2. The Morgan fingerprint density at radius 1 is 1.10 bits per heavy atom. The zero-order valence-corrected chi connectivity index (χ0v) is 21.4. The second-order valence-electron chi connectivity index (χ2n) is 7.15. The predicted molar refractivity (Wildman–Crippen MR) is 137 cm³/mol. The van der Waals surface area contributed by atoms with E-state index in [1.807, 2.05) is 12.1 Å². The van der Waals surface area contributed by atoms with Crippen molar-refractivity contribution in [3.63, 3.8) is 0 Å². The first kappa shape index (κ1) is 25.0. The van der Waals surface area contributed by atoms with Crippen LogP contribution in [0, 0.1) is 7.14 Å². The first-order chi connectivity index (χ1) is 14.4. The second kappa shape index (κ2) is 13.2. The lowest BCUT2D eigenvalue weighted by Gasteiger charge is -2.16. The van der Waals surface area contributed by atoms with Crippen LogP contribution >= 0.6 is 45.2 Å². The third kappa shape index (κ3) is 8.84. The monoisotopic (exact) mass is 637 g/mol. The lowest BCUT2D eigenvalue weighted by molar-refractivity contribution is 0.240. The van der Waals surface area contributed by atoms with Crippen molar-refractivity contribution in [2.24, 2.45) is 5.73 Å². The van der Waals surface area contributed by atoms with Gasteiger partial charge in [-0.2, -0.15) is 0 Å². The third-order valence-corrected chi connectivity index (χ3v) is 6.06. The number of ether oxygens (including phenoxy) is 1. The van der Waals surface area contributed by atoms with Gasteiger partial charge in [-0.1, -0.05) is 26.2 Å². The van der Waals surface area contributed by atoms with Crippen molar-refractivity contribution in [3.05, 3.63) is 49.1 Å². The molecule has 8 heteroatoms. The Kier molecular flexibility index (Phi) is 11.0. The minimum Gasteiger partial charge on any atom is -0.508 e. The predicted octanol–water partition coefficient (Wildman–Crippen LogP) is 5.14. The van der Waals surface area contributed by atoms with E-state index in [9.17, 15) is 9.90 Å². The Labute approximate surface area is 205 Å². The van der Waals surface area contributed by atoms with Crippen LogP contribution in [-0.4, -0.2) is 30.3 Å². The number of phenols is 1. The summed E-state index contributed by atoms with van der Waals surface area (Å²) in [4.78, 5) is 11.9. The molecule has 2 aromatic carbocycles. The second-order valence-corrected chi connectivity index (χ2v) is 9.47. The quantitative estimate of drug-likeness (QED) is 0.203. The number of benzene rings is 2. The molecule has 2 amide bonds. The molecule has 6 nitrogen and oxygen atoms in total. The van der Waals surface area contributed by atoms with Crippen LogP contribution in [0.25, 0.3) is 0 Å². The lowest BCUT2D eigenvalue weighted by Crippen LogP contribution is -2.43. The van der Waals surface area contributed by atoms with Crippen molar-refractivity contribution in [2.45, 2.75) is 45.1 Å². The highest BCUT2D eigenvalue weighted by Crippen LogP contribution is 2.33. The molecule has 0 saturated heterocycles. The van der Waals surface area contributed by atoms with Crippen molar-refractivity contribution in [2.75, 3.05) is 13.1 Å². The average molecular weight is 637 g/mol. The number of nitrogens with two attached hydrogens (primary N) is 1. The first-order valence-electron chi connectivity index (χ1n) is 10.1. The number of hydrogen-bond acceptors (Lipinski definition) is 4. The molecule has 0 aromatic heterocycles. The maximum atomic E-state index is 11.9. The van der Waals surface area contributed by atoms with Crippen LogP contribution in [0.1, 0.15) is 38.2 Å². The molecule has 0 aliphatic heterocycles. The van der Waals surface area contributed by atoms with Crippen molar-refractivity contribution in [3.8, 4) is 17.2 Å². The van der Waals surface area contributed by atoms with E-state index in [0.717, 1.165) is 31.3 Å². The first-order valence-corrected chi connectivity index (χ1v) is 12.3. The molecule has 2 aromatic rings. The molecule has 0 saturated carbocycles. The van der Waals surface area contributed by atoms with Gasteiger partial charge in [-0.3, -0.25) is 0 Å². The van der Waals surface area contributed by atoms with Crippen molar-refractivity contribution in [1.29, 1.82) is 0 Å². The molecule has 30 heavy (non-hydrogen) atoms. The number of amides is 2. The van der Waals surface area contributed by atoms with Gasteiger partial charge in [0.15, 0.2) is 5.75 Å². The molecule has 0 fully saturated rings. The number of rotatable bonds is 11. The Morgan fingerprint density at radius 2 is 1.77 bits per heavy atom. The molecule has 0 aliphatic rings. The van der Waals surface area contributed by atoms with Gasteiger partial charge in [-0.05, 0) is 100.0 Å². The van der Waals surface area contributed by atoms with E-state index in [1.54, 1.807) is 24.3 Å². The van der Waals surface area contributed by atoms with Gasteiger partial charge in [0.05, 0.1) is 7.14 Å². The van der Waals surface area contributed by atoms with Crippen LogP contribution in [0.2, 0.25) is 0 Å². The van der Waals surface area contributed by atoms with Gasteiger partial charge in [0.2, 0.25) is 0 Å². The Balaban J connectivity index is 1.83. The largest absolute Gasteiger partial charge is 0.508 e. The highest BCUT2D eigenvalue weighted by atomic mass is 127. The number of carbonyl (C=O) groups excluding carboxylic acids is 1. The molecule has 0 heterocycles. The van der Waals surface area contributed by atoms with Gasteiger partial charge in [-0.25, -0.2) is 4.79 Å². The fourth-order valence-electron chi connectivity index (χ4n) is 2.87. The van der Waals surface area contributed by atoms with E-state index in [4.69, 9.17) is 10.5 Å². The van der Waals surface area contributed by atoms with E-state index in [0.29, 0.717) is 25.3 Å². The minimum atomic E-state index is -0.175. The summed E-state index contributed by atoms with van der Waals surface area (Å²) < 4.78 is 7.93. The van der Waals surface area contributed by atoms with E-state index in [1.165, 1.54) is 12.8 Å². The summed E-state index contributed by atoms with van der Waals surface area (Å²) in [6.45, 7) is 3.28. The van der Waals surface area contributed by atoms with Gasteiger partial charge in [-0.15, -0.1) is 0 Å². The fourth-order valence-corrected chi connectivity index (χ4v) is 4.99. The summed E-state index contributed by atoms with van der Waals surface area (Å²) in [6, 6.07) is 10.4. The number of unbranched alkanes of at least 4 members (excludes halogenated alkanes) is 3. The molecule has 0 radical (unpaired) electrons. The van der Waals surface area contributed by atoms with Gasteiger partial charge in [0, 0.05) is 19.1 Å². The van der Waals surface area contributed by atoms with Crippen LogP contribution in [-0.2, 0) is 6.42 Å². The Morgan fingerprint density at radius 3 is 2.40 bits per heavy atom. The molecule has 0 bridgehead atoms. The summed E-state index contributed by atoms with van der Waals surface area (Å²) in [5.74, 6) is 1.65. The van der Waals surface area contributed by atoms with Crippen LogP contribution < -0.4 is 21.1 Å². The van der Waals surface area contributed by atoms with E-state index < -0.39 is 0 Å². The molecule has 1 atom stereocenters. The minimum absolute atomic E-state index is 0.163. The highest BCUT2D eigenvalue weighted by molar-refractivity contribution is 14.1. The SMILES string of the molecule is CCCCCCNC(=O)NC[C@@H](N)Cc1cc(I)c(Oc2ccc(O)cc2)c(I)c1. The lowest BCUT2D eigenvalue weighted by atomic mass is 10.1. The summed E-state index contributed by atoms with van der Waals surface area (Å²) in [5.41, 5.74) is 7.32. The fraction of sp³-hybridized carbons (Fsp3) is 0.409. The molecule has 5 N–H and O–H groups in total. The van der Waals surface area contributed by atoms with Crippen molar-refractivity contribution < 1.29 is 14.6 Å². The Hall–Kier alpha value is -1.27. The Bertz CT molecular complexity index is 793. The van der Waals surface area contributed by atoms with Gasteiger partial charge in [0.1, 0.15) is 11.5 Å². The number of halogens is 2. The summed E-state index contributed by atoms with van der Waals surface area (Å²) in [7, 11) is 0. The van der Waals surface area contributed by atoms with Crippen LogP contribution in [0.4, 0.5) is 4.79 Å². The zero-order valence-electron chi connectivity index (χ0n) is 17.1. The zero-order chi connectivity index (χ0) is 21.9. The number of aromatic hydroxyl groups is 1. The van der Waals surface area contributed by atoms with Crippen LogP contribution in [0.5, 0.6) is 17.2 Å². The molecule has 164 valence electrons. The average Bonchev–Trinajstić information content (AvgIpc) is 2.70. The highest BCUT2D eigenvalue weighted by Gasteiger charge is 2.13. The van der Waals surface area contributed by atoms with Gasteiger partial charge < -0.3 is 26.2 Å². The molecular weight excluding hydrogens is 608 g/mol. The van der Waals surface area contributed by atoms with Gasteiger partial charge in [0.25, 0.3) is 0 Å². The summed E-state index contributed by atoms with van der Waals surface area (Å²) >= 11 is 4.50. The van der Waals surface area contributed by atoms with Crippen molar-refractivity contribution >= 4 is 51.2 Å². The number of urea groups is 1. The van der Waals surface area contributed by atoms with Crippen LogP contribution in [0.15, 0.2) is 36.4 Å². The maximum Gasteiger partial charge on any atom is 0.314 e. The number of carbonyl (C=O) groups is 1. The van der Waals surface area contributed by atoms with E-state index in [2.05, 4.69) is 62.7 Å². The molecule has 0 unspecified atom stereocenters. The topological polar surface area (TPSA) is 96.6 Å². The normalized spacial score (nSPS) is 11.7. The van der Waals surface area contributed by atoms with E-state index in [-0.39, 0.29) is 17.8 Å². The number of phenolic OH excluding ortho intramolecular Hbond substituents is 1. The smallest absolute Gasteiger partial charge is 0.314 e. The van der Waals surface area contributed by atoms with Gasteiger partial charge >= 0.3 is 6.03 Å². The van der Waals surface area contributed by atoms with E-state index >= 15 is 0 Å². The molecular formula is C22H29I2N3O3. The summed E-state index contributed by atoms with van der Waals surface area (Å²) in [6.07, 6.45) is 5.18. The maximum absolute atomic E-state index is 11.9. The van der Waals surface area contributed by atoms with Crippen LogP contribution in [0.3, 0.4) is 0 Å². The third-order valence-electron chi connectivity index (χ3n) is 4.45. The molecule has 0 spiro atoms. The summed E-state index contributed by atoms with van der Waals surface area (Å²) in [5, 5.41) is 15.1. The standard InChI is InChI=1S/C22H29I2N3O3/c1-2-3-4-5-10-26-22(29)27-14-16(25)11-15-12-19(23)21(20(24)13-15)30-18-8-6-17(28)7-9-18/h6-9,12-13,16,28H,2-5,10-11,14,25H2,1H3,(H2,26,27,29)/t16-/m0/s1. The molecule has 2 rings (SSSR count). The van der Waals surface area contributed by atoms with Crippen molar-refractivity contribution in [1.82, 2.24) is 10.6 Å². The number of hydrogen-bond donors (Lipinski definition) is 4.